The normalized spacial score (nSPS) is 18.5. The first kappa shape index (κ1) is 21.6. The molecule has 0 aliphatic carbocycles. The lowest BCUT2D eigenvalue weighted by molar-refractivity contribution is -0.140. The van der Waals surface area contributed by atoms with Crippen LogP contribution in [0, 0.1) is 13.8 Å². The molecular formula is C22H28N4O4. The molecule has 2 heterocycles. The van der Waals surface area contributed by atoms with E-state index in [-0.39, 0.29) is 11.3 Å². The van der Waals surface area contributed by atoms with Crippen molar-refractivity contribution in [2.24, 2.45) is 7.05 Å². The van der Waals surface area contributed by atoms with Crippen LogP contribution in [0.4, 0.5) is 0 Å². The van der Waals surface area contributed by atoms with E-state index < -0.39 is 17.7 Å². The minimum absolute atomic E-state index is 0.0862. The minimum atomic E-state index is -0.685. The molecule has 1 aromatic carbocycles. The highest BCUT2D eigenvalue weighted by molar-refractivity contribution is 6.46. The summed E-state index contributed by atoms with van der Waals surface area (Å²) in [6, 6.07) is 6.50. The number of benzene rings is 1. The van der Waals surface area contributed by atoms with Gasteiger partial charge in [-0.3, -0.25) is 14.3 Å². The summed E-state index contributed by atoms with van der Waals surface area (Å²) in [5.41, 5.74) is 2.62. The van der Waals surface area contributed by atoms with E-state index in [9.17, 15) is 14.7 Å². The fourth-order valence-corrected chi connectivity index (χ4v) is 3.80. The van der Waals surface area contributed by atoms with Crippen LogP contribution in [0.15, 0.2) is 29.8 Å². The van der Waals surface area contributed by atoms with E-state index in [0.29, 0.717) is 30.1 Å². The molecular weight excluding hydrogens is 384 g/mol. The number of ether oxygens (including phenoxy) is 1. The molecule has 1 aromatic heterocycles. The number of nitrogens with zero attached hydrogens (tertiary/aromatic N) is 4. The quantitative estimate of drug-likeness (QED) is 0.444. The SMILES string of the molecule is COc1ccc(C2/C(=C(\O)c3c(C)nn(C)c3C)C(=O)C(=O)N2CCN(C)C)cc1. The summed E-state index contributed by atoms with van der Waals surface area (Å²) in [5.74, 6) is -0.819. The van der Waals surface area contributed by atoms with Crippen molar-refractivity contribution in [3.8, 4) is 5.75 Å². The van der Waals surface area contributed by atoms with Crippen LogP contribution >= 0.6 is 0 Å². The molecule has 1 aliphatic rings. The number of aromatic nitrogens is 2. The van der Waals surface area contributed by atoms with Crippen LogP contribution in [0.5, 0.6) is 5.75 Å². The number of ketones is 1. The van der Waals surface area contributed by atoms with Crippen molar-refractivity contribution in [3.63, 3.8) is 0 Å². The second-order valence-corrected chi connectivity index (χ2v) is 7.74. The van der Waals surface area contributed by atoms with Crippen LogP contribution in [0.25, 0.3) is 5.76 Å². The molecule has 1 atom stereocenters. The predicted octanol–water partition coefficient (Wildman–Crippen LogP) is 2.03. The Kier molecular flexibility index (Phi) is 5.98. The Morgan fingerprint density at radius 1 is 1.20 bits per heavy atom. The first-order valence-corrected chi connectivity index (χ1v) is 9.75. The second kappa shape index (κ2) is 8.31. The van der Waals surface area contributed by atoms with Gasteiger partial charge in [-0.15, -0.1) is 0 Å². The number of carbonyl (C=O) groups excluding carboxylic acids is 2. The summed E-state index contributed by atoms with van der Waals surface area (Å²) in [5, 5.41) is 15.5. The Morgan fingerprint density at radius 2 is 1.83 bits per heavy atom. The van der Waals surface area contributed by atoms with Gasteiger partial charge in [-0.2, -0.15) is 5.10 Å². The Labute approximate surface area is 176 Å². The van der Waals surface area contributed by atoms with E-state index in [1.807, 2.05) is 38.1 Å². The van der Waals surface area contributed by atoms with E-state index in [1.165, 1.54) is 4.90 Å². The third-order valence-electron chi connectivity index (χ3n) is 5.51. The molecule has 160 valence electrons. The van der Waals surface area contributed by atoms with Gasteiger partial charge in [0, 0.05) is 25.8 Å². The van der Waals surface area contributed by atoms with E-state index in [4.69, 9.17) is 4.74 Å². The van der Waals surface area contributed by atoms with Gasteiger partial charge in [-0.25, -0.2) is 0 Å². The summed E-state index contributed by atoms with van der Waals surface area (Å²) in [4.78, 5) is 29.4. The zero-order valence-corrected chi connectivity index (χ0v) is 18.3. The van der Waals surface area contributed by atoms with E-state index in [0.717, 1.165) is 11.3 Å². The lowest BCUT2D eigenvalue weighted by atomic mass is 9.94. The average molecular weight is 412 g/mol. The number of likely N-dealkylation sites (N-methyl/N-ethyl adjacent to an activating group) is 1. The number of carbonyl (C=O) groups is 2. The van der Waals surface area contributed by atoms with Crippen LogP contribution in [-0.4, -0.2) is 70.7 Å². The lowest BCUT2D eigenvalue weighted by Crippen LogP contribution is -2.35. The number of aliphatic hydroxyl groups is 1. The maximum atomic E-state index is 13.0. The van der Waals surface area contributed by atoms with Gasteiger partial charge in [0.1, 0.15) is 11.5 Å². The van der Waals surface area contributed by atoms with Gasteiger partial charge in [0.15, 0.2) is 0 Å². The highest BCUT2D eigenvalue weighted by Crippen LogP contribution is 2.40. The van der Waals surface area contributed by atoms with Gasteiger partial charge in [0.25, 0.3) is 11.7 Å². The van der Waals surface area contributed by atoms with Gasteiger partial charge in [-0.05, 0) is 45.6 Å². The van der Waals surface area contributed by atoms with Crippen molar-refractivity contribution in [1.82, 2.24) is 19.6 Å². The molecule has 0 radical (unpaired) electrons. The van der Waals surface area contributed by atoms with Gasteiger partial charge in [-0.1, -0.05) is 12.1 Å². The third kappa shape index (κ3) is 3.70. The van der Waals surface area contributed by atoms with Crippen molar-refractivity contribution in [2.75, 3.05) is 34.3 Å². The van der Waals surface area contributed by atoms with Crippen LogP contribution in [0.3, 0.4) is 0 Å². The molecule has 1 aliphatic heterocycles. The smallest absolute Gasteiger partial charge is 0.295 e. The van der Waals surface area contributed by atoms with Crippen molar-refractivity contribution >= 4 is 17.4 Å². The zero-order valence-electron chi connectivity index (χ0n) is 18.3. The van der Waals surface area contributed by atoms with Crippen molar-refractivity contribution < 1.29 is 19.4 Å². The zero-order chi connectivity index (χ0) is 22.2. The number of aryl methyl sites for hydroxylation is 2. The fraction of sp³-hybridized carbons (Fsp3) is 0.409. The number of likely N-dealkylation sites (tertiary alicyclic amines) is 1. The van der Waals surface area contributed by atoms with Crippen LogP contribution in [-0.2, 0) is 16.6 Å². The van der Waals surface area contributed by atoms with Gasteiger partial charge < -0.3 is 19.6 Å². The summed E-state index contributed by atoms with van der Waals surface area (Å²) in [6.45, 7) is 4.53. The Morgan fingerprint density at radius 3 is 2.33 bits per heavy atom. The number of hydrogen-bond acceptors (Lipinski definition) is 6. The summed E-state index contributed by atoms with van der Waals surface area (Å²) < 4.78 is 6.88. The largest absolute Gasteiger partial charge is 0.507 e. The number of methoxy groups -OCH3 is 1. The standard InChI is InChI=1S/C22H28N4O4/c1-13-17(14(2)25(5)23-13)20(27)18-19(15-7-9-16(30-6)10-8-15)26(12-11-24(3)4)22(29)21(18)28/h7-10,19,27H,11-12H2,1-6H3/b20-18+. The summed E-state index contributed by atoms with van der Waals surface area (Å²) in [7, 11) is 7.16. The van der Waals surface area contributed by atoms with Crippen LogP contribution in [0.1, 0.15) is 28.6 Å². The fourth-order valence-electron chi connectivity index (χ4n) is 3.80. The van der Waals surface area contributed by atoms with Crippen molar-refractivity contribution in [2.45, 2.75) is 19.9 Å². The van der Waals surface area contributed by atoms with Gasteiger partial charge in [0.05, 0.1) is 30.0 Å². The number of rotatable bonds is 6. The molecule has 8 nitrogen and oxygen atoms in total. The van der Waals surface area contributed by atoms with E-state index in [2.05, 4.69) is 5.10 Å². The van der Waals surface area contributed by atoms with Crippen LogP contribution in [0.2, 0.25) is 0 Å². The predicted molar refractivity (Wildman–Crippen MR) is 113 cm³/mol. The Balaban J connectivity index is 2.19. The summed E-state index contributed by atoms with van der Waals surface area (Å²) >= 11 is 0. The average Bonchev–Trinajstić information content (AvgIpc) is 3.11. The molecule has 3 rings (SSSR count). The molecule has 1 N–H and O–H groups in total. The Bertz CT molecular complexity index is 1000. The maximum Gasteiger partial charge on any atom is 0.295 e. The molecule has 0 bridgehead atoms. The number of Topliss-reactive ketones (excluding diaryl/α,β-unsaturated/α-hetero) is 1. The number of hydrogen-bond donors (Lipinski definition) is 1. The first-order valence-electron chi connectivity index (χ1n) is 9.75. The molecule has 2 aromatic rings. The number of amides is 1. The third-order valence-corrected chi connectivity index (χ3v) is 5.51. The van der Waals surface area contributed by atoms with E-state index >= 15 is 0 Å². The number of aliphatic hydroxyl groups excluding tert-OH is 1. The highest BCUT2D eigenvalue weighted by Gasteiger charge is 2.46. The molecule has 0 saturated carbocycles. The van der Waals surface area contributed by atoms with Crippen LogP contribution < -0.4 is 4.74 Å². The van der Waals surface area contributed by atoms with Crippen molar-refractivity contribution in [3.05, 3.63) is 52.4 Å². The van der Waals surface area contributed by atoms with Crippen molar-refractivity contribution in [1.29, 1.82) is 0 Å². The topological polar surface area (TPSA) is 87.9 Å². The second-order valence-electron chi connectivity index (χ2n) is 7.74. The molecule has 30 heavy (non-hydrogen) atoms. The molecule has 1 unspecified atom stereocenters. The molecule has 1 saturated heterocycles. The van der Waals surface area contributed by atoms with Gasteiger partial charge in [0.2, 0.25) is 0 Å². The van der Waals surface area contributed by atoms with Gasteiger partial charge >= 0.3 is 0 Å². The highest BCUT2D eigenvalue weighted by atomic mass is 16.5. The lowest BCUT2D eigenvalue weighted by Gasteiger charge is -2.26. The maximum absolute atomic E-state index is 13.0. The summed E-state index contributed by atoms with van der Waals surface area (Å²) in [6.07, 6.45) is 0. The minimum Gasteiger partial charge on any atom is -0.507 e. The molecule has 8 heteroatoms. The Hall–Kier alpha value is -3.13. The van der Waals surface area contributed by atoms with E-state index in [1.54, 1.807) is 37.9 Å². The molecule has 1 fully saturated rings. The monoisotopic (exact) mass is 412 g/mol. The first-order chi connectivity index (χ1) is 14.2. The molecule has 1 amide bonds. The molecule has 0 spiro atoms.